The van der Waals surface area contributed by atoms with E-state index >= 15 is 0 Å². The lowest BCUT2D eigenvalue weighted by molar-refractivity contribution is -0.117. The first kappa shape index (κ1) is 10.5. The molecule has 0 spiro atoms. The topological polar surface area (TPSA) is 43.1 Å². The molecule has 0 radical (unpaired) electrons. The maximum atomic E-state index is 11.0. The Hall–Kier alpha value is -0.630. The highest BCUT2D eigenvalue weighted by Gasteiger charge is 2.19. The number of carbonyl (C=O) groups is 1. The Morgan fingerprint density at radius 1 is 1.54 bits per heavy atom. The third-order valence-corrected chi connectivity index (χ3v) is 2.66. The van der Waals surface area contributed by atoms with E-state index < -0.39 is 0 Å². The minimum atomic E-state index is 0.135. The van der Waals surface area contributed by atoms with Crippen LogP contribution in [0, 0.1) is 11.8 Å². The summed E-state index contributed by atoms with van der Waals surface area (Å²) >= 11 is 0. The van der Waals surface area contributed by atoms with Gasteiger partial charge in [0.1, 0.15) is 5.78 Å². The Morgan fingerprint density at radius 3 is 2.69 bits per heavy atom. The molecule has 0 aliphatic heterocycles. The summed E-state index contributed by atoms with van der Waals surface area (Å²) in [6.45, 7) is 4.21. The minimum Gasteiger partial charge on any atom is -0.324 e. The van der Waals surface area contributed by atoms with Crippen LogP contribution in [0.5, 0.6) is 0 Å². The van der Waals surface area contributed by atoms with E-state index in [-0.39, 0.29) is 6.04 Å². The van der Waals surface area contributed by atoms with Crippen LogP contribution in [-0.4, -0.2) is 11.8 Å². The number of ketones is 1. The van der Waals surface area contributed by atoms with Crippen LogP contribution in [0.4, 0.5) is 0 Å². The van der Waals surface area contributed by atoms with Crippen LogP contribution in [0.3, 0.4) is 0 Å². The van der Waals surface area contributed by atoms with Crippen molar-refractivity contribution in [2.45, 2.75) is 39.2 Å². The summed E-state index contributed by atoms with van der Waals surface area (Å²) < 4.78 is 0. The molecule has 0 saturated heterocycles. The number of hydrogen-bond acceptors (Lipinski definition) is 2. The largest absolute Gasteiger partial charge is 0.324 e. The number of carbonyl (C=O) groups excluding carboxylic acids is 1. The number of Topliss-reactive ketones (excluding diaryl/α,β-unsaturated/α-hetero) is 1. The highest BCUT2D eigenvalue weighted by atomic mass is 16.1. The molecule has 0 amide bonds. The second-order valence-electron chi connectivity index (χ2n) is 4.25. The molecule has 2 unspecified atom stereocenters. The molecular weight excluding hydrogens is 162 g/mol. The molecule has 74 valence electrons. The van der Waals surface area contributed by atoms with E-state index in [0.717, 1.165) is 19.3 Å². The van der Waals surface area contributed by atoms with Gasteiger partial charge in [-0.15, -0.1) is 0 Å². The molecule has 13 heavy (non-hydrogen) atoms. The Bertz CT molecular complexity index is 208. The van der Waals surface area contributed by atoms with Crippen LogP contribution in [-0.2, 0) is 4.79 Å². The molecule has 0 heterocycles. The first-order chi connectivity index (χ1) is 6.09. The summed E-state index contributed by atoms with van der Waals surface area (Å²) in [7, 11) is 0. The molecule has 1 rings (SSSR count). The zero-order valence-electron chi connectivity index (χ0n) is 8.49. The van der Waals surface area contributed by atoms with Gasteiger partial charge in [0.2, 0.25) is 0 Å². The number of nitrogens with two attached hydrogens (primary N) is 1. The molecule has 0 aromatic carbocycles. The maximum Gasteiger partial charge on any atom is 0.133 e. The monoisotopic (exact) mass is 181 g/mol. The van der Waals surface area contributed by atoms with Gasteiger partial charge >= 0.3 is 0 Å². The lowest BCUT2D eigenvalue weighted by Gasteiger charge is -2.10. The van der Waals surface area contributed by atoms with Crippen LogP contribution in [0.15, 0.2) is 12.2 Å². The summed E-state index contributed by atoms with van der Waals surface area (Å²) in [4.78, 5) is 11.0. The Morgan fingerprint density at radius 2 is 2.23 bits per heavy atom. The van der Waals surface area contributed by atoms with Gasteiger partial charge in [-0.05, 0) is 18.3 Å². The smallest absolute Gasteiger partial charge is 0.133 e. The molecule has 1 aliphatic carbocycles. The van der Waals surface area contributed by atoms with Crippen molar-refractivity contribution in [1.82, 2.24) is 0 Å². The SMILES string of the molecule is CC(C)C(N)/C=C/C1CCC(=O)C1. The van der Waals surface area contributed by atoms with E-state index in [1.54, 1.807) is 0 Å². The minimum absolute atomic E-state index is 0.135. The fourth-order valence-corrected chi connectivity index (χ4v) is 1.51. The second-order valence-corrected chi connectivity index (χ2v) is 4.25. The number of allylic oxidation sites excluding steroid dienone is 1. The Balaban J connectivity index is 2.35. The standard InChI is InChI=1S/C11H19NO/c1-8(2)11(12)6-4-9-3-5-10(13)7-9/h4,6,8-9,11H,3,5,7,12H2,1-2H3/b6-4+. The van der Waals surface area contributed by atoms with Crippen molar-refractivity contribution in [3.63, 3.8) is 0 Å². The van der Waals surface area contributed by atoms with Crippen molar-refractivity contribution >= 4 is 5.78 Å². The van der Waals surface area contributed by atoms with E-state index in [1.165, 1.54) is 0 Å². The lowest BCUT2D eigenvalue weighted by Crippen LogP contribution is -2.23. The fourth-order valence-electron chi connectivity index (χ4n) is 1.51. The quantitative estimate of drug-likeness (QED) is 0.676. The summed E-state index contributed by atoms with van der Waals surface area (Å²) in [6, 6.07) is 0.135. The molecule has 1 fully saturated rings. The summed E-state index contributed by atoms with van der Waals surface area (Å²) in [5, 5.41) is 0. The number of rotatable bonds is 3. The lowest BCUT2D eigenvalue weighted by atomic mass is 10.0. The fraction of sp³-hybridized carbons (Fsp3) is 0.727. The molecule has 0 aromatic heterocycles. The first-order valence-corrected chi connectivity index (χ1v) is 5.05. The molecule has 1 saturated carbocycles. The summed E-state index contributed by atoms with van der Waals surface area (Å²) in [5.74, 6) is 1.33. The normalized spacial score (nSPS) is 26.2. The summed E-state index contributed by atoms with van der Waals surface area (Å²) in [6.07, 6.45) is 6.66. The van der Waals surface area contributed by atoms with Gasteiger partial charge in [0.05, 0.1) is 0 Å². The molecule has 0 aromatic rings. The van der Waals surface area contributed by atoms with Crippen molar-refractivity contribution in [1.29, 1.82) is 0 Å². The highest BCUT2D eigenvalue weighted by Crippen LogP contribution is 2.23. The Labute approximate surface area is 80.2 Å². The molecule has 2 N–H and O–H groups in total. The van der Waals surface area contributed by atoms with Gasteiger partial charge in [-0.1, -0.05) is 26.0 Å². The van der Waals surface area contributed by atoms with Gasteiger partial charge in [0.15, 0.2) is 0 Å². The average molecular weight is 181 g/mol. The van der Waals surface area contributed by atoms with Crippen LogP contribution in [0.25, 0.3) is 0 Å². The highest BCUT2D eigenvalue weighted by molar-refractivity contribution is 5.80. The van der Waals surface area contributed by atoms with Crippen molar-refractivity contribution in [3.8, 4) is 0 Å². The molecule has 1 aliphatic rings. The van der Waals surface area contributed by atoms with Crippen LogP contribution in [0.1, 0.15) is 33.1 Å². The molecule has 2 nitrogen and oxygen atoms in total. The molecule has 0 bridgehead atoms. The third kappa shape index (κ3) is 3.31. The van der Waals surface area contributed by atoms with E-state index in [4.69, 9.17) is 5.73 Å². The Kier molecular flexibility index (Phi) is 3.67. The van der Waals surface area contributed by atoms with Crippen molar-refractivity contribution in [2.24, 2.45) is 17.6 Å². The van der Waals surface area contributed by atoms with Crippen molar-refractivity contribution < 1.29 is 4.79 Å². The first-order valence-electron chi connectivity index (χ1n) is 5.05. The third-order valence-electron chi connectivity index (χ3n) is 2.66. The van der Waals surface area contributed by atoms with Crippen LogP contribution >= 0.6 is 0 Å². The number of hydrogen-bond donors (Lipinski definition) is 1. The van der Waals surface area contributed by atoms with Crippen LogP contribution in [0.2, 0.25) is 0 Å². The van der Waals surface area contributed by atoms with E-state index in [9.17, 15) is 4.79 Å². The van der Waals surface area contributed by atoms with E-state index in [2.05, 4.69) is 19.9 Å². The molecule has 2 atom stereocenters. The maximum absolute atomic E-state index is 11.0. The van der Waals surface area contributed by atoms with Gasteiger partial charge in [-0.3, -0.25) is 4.79 Å². The van der Waals surface area contributed by atoms with Gasteiger partial charge in [-0.25, -0.2) is 0 Å². The predicted molar refractivity (Wildman–Crippen MR) is 54.3 cm³/mol. The van der Waals surface area contributed by atoms with Crippen molar-refractivity contribution in [3.05, 3.63) is 12.2 Å². The zero-order valence-corrected chi connectivity index (χ0v) is 8.49. The molecule has 2 heteroatoms. The average Bonchev–Trinajstić information content (AvgIpc) is 2.47. The second kappa shape index (κ2) is 4.56. The van der Waals surface area contributed by atoms with Gasteiger partial charge in [0, 0.05) is 18.9 Å². The van der Waals surface area contributed by atoms with E-state index in [0.29, 0.717) is 17.6 Å². The van der Waals surface area contributed by atoms with Crippen molar-refractivity contribution in [2.75, 3.05) is 0 Å². The molecular formula is C11H19NO. The summed E-state index contributed by atoms with van der Waals surface area (Å²) in [5.41, 5.74) is 5.86. The van der Waals surface area contributed by atoms with Gasteiger partial charge in [0.25, 0.3) is 0 Å². The zero-order chi connectivity index (χ0) is 9.84. The van der Waals surface area contributed by atoms with Gasteiger partial charge in [-0.2, -0.15) is 0 Å². The van der Waals surface area contributed by atoms with E-state index in [1.807, 2.05) is 6.08 Å². The van der Waals surface area contributed by atoms with Crippen LogP contribution < -0.4 is 5.73 Å². The predicted octanol–water partition coefficient (Wildman–Crippen LogP) is 1.90. The van der Waals surface area contributed by atoms with Gasteiger partial charge < -0.3 is 5.73 Å².